The van der Waals surface area contributed by atoms with Gasteiger partial charge in [0, 0.05) is 16.5 Å². The molecule has 6 heteroatoms. The molecule has 6 nitrogen and oxygen atoms in total. The highest BCUT2D eigenvalue weighted by molar-refractivity contribution is 6.07. The van der Waals surface area contributed by atoms with Gasteiger partial charge in [0.2, 0.25) is 5.75 Å². The SMILES string of the molecule is COc1cc2c(nnc3c(C)nc(C)cc32)c(OC)c1OC. The first-order chi connectivity index (χ1) is 10.6. The number of methoxy groups -OCH3 is 3. The fraction of sp³-hybridized carbons (Fsp3) is 0.312. The van der Waals surface area contributed by atoms with E-state index in [9.17, 15) is 0 Å². The van der Waals surface area contributed by atoms with Gasteiger partial charge < -0.3 is 14.2 Å². The summed E-state index contributed by atoms with van der Waals surface area (Å²) in [6.45, 7) is 3.88. The van der Waals surface area contributed by atoms with Gasteiger partial charge in [-0.05, 0) is 26.0 Å². The van der Waals surface area contributed by atoms with E-state index in [1.165, 1.54) is 0 Å². The predicted octanol–water partition coefficient (Wildman–Crippen LogP) is 2.82. The number of aromatic nitrogens is 3. The fourth-order valence-corrected chi connectivity index (χ4v) is 2.70. The molecule has 3 aromatic rings. The summed E-state index contributed by atoms with van der Waals surface area (Å²) >= 11 is 0. The van der Waals surface area contributed by atoms with Crippen LogP contribution in [0.4, 0.5) is 0 Å². The maximum Gasteiger partial charge on any atom is 0.205 e. The zero-order valence-electron chi connectivity index (χ0n) is 13.2. The highest BCUT2D eigenvalue weighted by Gasteiger charge is 2.19. The smallest absolute Gasteiger partial charge is 0.205 e. The molecule has 0 radical (unpaired) electrons. The molecular formula is C16H17N3O3. The Bertz CT molecular complexity index is 878. The van der Waals surface area contributed by atoms with Crippen molar-refractivity contribution in [2.45, 2.75) is 13.8 Å². The molecule has 0 unspecified atom stereocenters. The molecule has 0 amide bonds. The van der Waals surface area contributed by atoms with Gasteiger partial charge in [0.1, 0.15) is 11.0 Å². The van der Waals surface area contributed by atoms with Gasteiger partial charge in [0.25, 0.3) is 0 Å². The van der Waals surface area contributed by atoms with Crippen LogP contribution in [0, 0.1) is 13.8 Å². The van der Waals surface area contributed by atoms with Crippen molar-refractivity contribution in [2.75, 3.05) is 21.3 Å². The molecule has 3 rings (SSSR count). The van der Waals surface area contributed by atoms with Crippen LogP contribution in [0.25, 0.3) is 21.8 Å². The van der Waals surface area contributed by atoms with E-state index in [0.29, 0.717) is 22.8 Å². The van der Waals surface area contributed by atoms with Crippen molar-refractivity contribution in [2.24, 2.45) is 0 Å². The summed E-state index contributed by atoms with van der Waals surface area (Å²) in [5.41, 5.74) is 3.18. The standard InChI is InChI=1S/C16H17N3O3/c1-8-6-10-11-7-12(20-3)15(21-4)16(22-5)14(11)19-18-13(10)9(2)17-8/h6-7H,1-5H3. The molecule has 0 aliphatic rings. The summed E-state index contributed by atoms with van der Waals surface area (Å²) in [5, 5.41) is 10.5. The molecule has 0 aliphatic heterocycles. The minimum Gasteiger partial charge on any atom is -0.493 e. The Hall–Kier alpha value is -2.63. The number of aryl methyl sites for hydroxylation is 2. The van der Waals surface area contributed by atoms with E-state index < -0.39 is 0 Å². The first-order valence-corrected chi connectivity index (χ1v) is 6.84. The highest BCUT2D eigenvalue weighted by Crippen LogP contribution is 2.43. The average Bonchev–Trinajstić information content (AvgIpc) is 2.52. The molecule has 0 bridgehead atoms. The third-order valence-corrected chi connectivity index (χ3v) is 3.64. The zero-order valence-corrected chi connectivity index (χ0v) is 13.2. The van der Waals surface area contributed by atoms with Gasteiger partial charge in [0.15, 0.2) is 11.5 Å². The third-order valence-electron chi connectivity index (χ3n) is 3.64. The topological polar surface area (TPSA) is 66.4 Å². The van der Waals surface area contributed by atoms with Crippen molar-refractivity contribution >= 4 is 21.8 Å². The molecule has 2 aromatic heterocycles. The molecule has 0 N–H and O–H groups in total. The van der Waals surface area contributed by atoms with Crippen molar-refractivity contribution in [1.82, 2.24) is 15.2 Å². The first kappa shape index (κ1) is 14.3. The largest absolute Gasteiger partial charge is 0.493 e. The Balaban J connectivity index is 2.54. The minimum atomic E-state index is 0.508. The lowest BCUT2D eigenvalue weighted by Gasteiger charge is -2.15. The number of benzene rings is 1. The van der Waals surface area contributed by atoms with Gasteiger partial charge in [-0.3, -0.25) is 4.98 Å². The summed E-state index contributed by atoms with van der Waals surface area (Å²) in [7, 11) is 4.74. The maximum absolute atomic E-state index is 5.48. The zero-order chi connectivity index (χ0) is 15.9. The van der Waals surface area contributed by atoms with Crippen LogP contribution in [0.1, 0.15) is 11.4 Å². The molecular weight excluding hydrogens is 282 g/mol. The quantitative estimate of drug-likeness (QED) is 0.693. The molecule has 0 saturated heterocycles. The Kier molecular flexibility index (Phi) is 3.44. The monoisotopic (exact) mass is 299 g/mol. The van der Waals surface area contributed by atoms with Gasteiger partial charge in [-0.25, -0.2) is 0 Å². The summed E-state index contributed by atoms with van der Waals surface area (Å²) < 4.78 is 16.3. The lowest BCUT2D eigenvalue weighted by Crippen LogP contribution is -2.00. The molecule has 0 aliphatic carbocycles. The summed E-state index contributed by atoms with van der Waals surface area (Å²) in [6.07, 6.45) is 0. The molecule has 0 fully saturated rings. The lowest BCUT2D eigenvalue weighted by molar-refractivity contribution is 0.327. The maximum atomic E-state index is 5.48. The van der Waals surface area contributed by atoms with Crippen LogP contribution in [0.2, 0.25) is 0 Å². The van der Waals surface area contributed by atoms with Crippen molar-refractivity contribution in [3.8, 4) is 17.2 Å². The second-order valence-corrected chi connectivity index (χ2v) is 4.99. The fourth-order valence-electron chi connectivity index (χ4n) is 2.70. The number of pyridine rings is 1. The third kappa shape index (κ3) is 1.99. The minimum absolute atomic E-state index is 0.508. The normalized spacial score (nSPS) is 11.0. The number of ether oxygens (including phenoxy) is 3. The van der Waals surface area contributed by atoms with E-state index in [1.54, 1.807) is 21.3 Å². The molecule has 114 valence electrons. The number of nitrogens with zero attached hydrogens (tertiary/aromatic N) is 3. The number of hydrogen-bond donors (Lipinski definition) is 0. The van der Waals surface area contributed by atoms with Gasteiger partial charge >= 0.3 is 0 Å². The highest BCUT2D eigenvalue weighted by atomic mass is 16.5. The van der Waals surface area contributed by atoms with Crippen molar-refractivity contribution < 1.29 is 14.2 Å². The van der Waals surface area contributed by atoms with Crippen molar-refractivity contribution in [1.29, 1.82) is 0 Å². The van der Waals surface area contributed by atoms with E-state index >= 15 is 0 Å². The van der Waals surface area contributed by atoms with Crippen LogP contribution in [0.3, 0.4) is 0 Å². The van der Waals surface area contributed by atoms with Crippen LogP contribution in [0.5, 0.6) is 17.2 Å². The van der Waals surface area contributed by atoms with E-state index in [4.69, 9.17) is 14.2 Å². The van der Waals surface area contributed by atoms with E-state index in [0.717, 1.165) is 27.7 Å². The van der Waals surface area contributed by atoms with Crippen molar-refractivity contribution in [3.63, 3.8) is 0 Å². The van der Waals surface area contributed by atoms with Gasteiger partial charge in [-0.15, -0.1) is 10.2 Å². The molecule has 1 aromatic carbocycles. The van der Waals surface area contributed by atoms with E-state index in [-0.39, 0.29) is 0 Å². The van der Waals surface area contributed by atoms with Crippen LogP contribution in [0.15, 0.2) is 12.1 Å². The van der Waals surface area contributed by atoms with E-state index in [1.807, 2.05) is 26.0 Å². The molecule has 0 saturated carbocycles. The van der Waals surface area contributed by atoms with Gasteiger partial charge in [-0.1, -0.05) is 0 Å². The van der Waals surface area contributed by atoms with Crippen LogP contribution >= 0.6 is 0 Å². The average molecular weight is 299 g/mol. The molecule has 2 heterocycles. The van der Waals surface area contributed by atoms with Gasteiger partial charge in [-0.2, -0.15) is 0 Å². The summed E-state index contributed by atoms with van der Waals surface area (Å²) in [5.74, 6) is 1.61. The van der Waals surface area contributed by atoms with Crippen molar-refractivity contribution in [3.05, 3.63) is 23.5 Å². The summed E-state index contributed by atoms with van der Waals surface area (Å²) in [4.78, 5) is 4.44. The number of rotatable bonds is 3. The van der Waals surface area contributed by atoms with Crippen LogP contribution in [-0.4, -0.2) is 36.5 Å². The van der Waals surface area contributed by atoms with Crippen LogP contribution in [-0.2, 0) is 0 Å². The number of fused-ring (bicyclic) bond motifs is 3. The van der Waals surface area contributed by atoms with E-state index in [2.05, 4.69) is 15.2 Å². The Labute approximate surface area is 128 Å². The molecule has 22 heavy (non-hydrogen) atoms. The Morgan fingerprint density at radius 3 is 2.05 bits per heavy atom. The predicted molar refractivity (Wildman–Crippen MR) is 84.0 cm³/mol. The Morgan fingerprint density at radius 1 is 0.773 bits per heavy atom. The number of hydrogen-bond acceptors (Lipinski definition) is 6. The summed E-state index contributed by atoms with van der Waals surface area (Å²) in [6, 6.07) is 3.89. The second-order valence-electron chi connectivity index (χ2n) is 4.99. The van der Waals surface area contributed by atoms with Crippen LogP contribution < -0.4 is 14.2 Å². The lowest BCUT2D eigenvalue weighted by atomic mass is 10.1. The second kappa shape index (κ2) is 5.29. The van der Waals surface area contributed by atoms with Gasteiger partial charge in [0.05, 0.1) is 27.0 Å². The Morgan fingerprint density at radius 2 is 1.41 bits per heavy atom. The molecule has 0 atom stereocenters. The molecule has 0 spiro atoms. The first-order valence-electron chi connectivity index (χ1n) is 6.84.